The van der Waals surface area contributed by atoms with E-state index in [1.165, 1.54) is 37.9 Å². The molecule has 0 bridgehead atoms. The normalized spacial score (nSPS) is 15.1. The highest BCUT2D eigenvalue weighted by atomic mass is 32.2. The first-order valence-electron chi connectivity index (χ1n) is 12.0. The number of nitrogens with zero attached hydrogens (tertiary/aromatic N) is 4. The summed E-state index contributed by atoms with van der Waals surface area (Å²) >= 11 is 0. The standard InChI is InChI=1S/C27H30N4O2S/c1-2-34(32,33)25-8-6-7-23(17-25)26-19-29-31-20-24(18-28-27(26)31)22-11-9-21(10-12-22)13-16-30-14-4-3-5-15-30/h6-12,17-20H,2-5,13-16H2,1H3. The van der Waals surface area contributed by atoms with Gasteiger partial charge in [-0.3, -0.25) is 0 Å². The van der Waals surface area contributed by atoms with Gasteiger partial charge in [0.05, 0.1) is 16.8 Å². The van der Waals surface area contributed by atoms with E-state index in [4.69, 9.17) is 0 Å². The van der Waals surface area contributed by atoms with Crippen LogP contribution in [0.3, 0.4) is 0 Å². The van der Waals surface area contributed by atoms with Crippen molar-refractivity contribution < 1.29 is 8.42 Å². The molecule has 176 valence electrons. The summed E-state index contributed by atoms with van der Waals surface area (Å²) in [6.45, 7) is 5.24. The molecule has 1 fully saturated rings. The van der Waals surface area contributed by atoms with Crippen LogP contribution in [0.15, 0.2) is 72.0 Å². The quantitative estimate of drug-likeness (QED) is 0.382. The summed E-state index contributed by atoms with van der Waals surface area (Å²) in [6.07, 6.45) is 10.7. The Hall–Kier alpha value is -3.03. The van der Waals surface area contributed by atoms with E-state index in [1.807, 2.05) is 18.5 Å². The average molecular weight is 475 g/mol. The highest BCUT2D eigenvalue weighted by Gasteiger charge is 2.15. The summed E-state index contributed by atoms with van der Waals surface area (Å²) in [6, 6.07) is 15.7. The molecule has 0 amide bonds. The number of hydrogen-bond donors (Lipinski definition) is 0. The molecule has 0 spiro atoms. The van der Waals surface area contributed by atoms with Gasteiger partial charge < -0.3 is 4.90 Å². The second-order valence-corrected chi connectivity index (χ2v) is 11.2. The predicted molar refractivity (Wildman–Crippen MR) is 136 cm³/mol. The highest BCUT2D eigenvalue weighted by molar-refractivity contribution is 7.91. The largest absolute Gasteiger partial charge is 0.303 e. The fourth-order valence-corrected chi connectivity index (χ4v) is 5.51. The van der Waals surface area contributed by atoms with Crippen molar-refractivity contribution in [3.63, 3.8) is 0 Å². The van der Waals surface area contributed by atoms with Crippen LogP contribution in [0.1, 0.15) is 31.7 Å². The van der Waals surface area contributed by atoms with Crippen molar-refractivity contribution in [2.75, 3.05) is 25.4 Å². The van der Waals surface area contributed by atoms with Crippen LogP contribution in [0.5, 0.6) is 0 Å². The molecule has 0 N–H and O–H groups in total. The molecular weight excluding hydrogens is 444 g/mol. The SMILES string of the molecule is CCS(=O)(=O)c1cccc(-c2cnn3cc(-c4ccc(CCN5CCCCC5)cc4)cnc23)c1. The van der Waals surface area contributed by atoms with Gasteiger partial charge in [-0.05, 0) is 61.2 Å². The van der Waals surface area contributed by atoms with Crippen LogP contribution in [0.4, 0.5) is 0 Å². The minimum atomic E-state index is -3.27. The van der Waals surface area contributed by atoms with Crippen molar-refractivity contribution >= 4 is 15.5 Å². The Balaban J connectivity index is 1.35. The van der Waals surface area contributed by atoms with Gasteiger partial charge in [0.25, 0.3) is 0 Å². The van der Waals surface area contributed by atoms with E-state index in [2.05, 4.69) is 39.2 Å². The molecule has 1 saturated heterocycles. The second kappa shape index (κ2) is 9.68. The average Bonchev–Trinajstić information content (AvgIpc) is 3.32. The van der Waals surface area contributed by atoms with E-state index in [0.717, 1.165) is 35.2 Å². The summed E-state index contributed by atoms with van der Waals surface area (Å²) in [7, 11) is -3.27. The van der Waals surface area contributed by atoms with Crippen LogP contribution < -0.4 is 0 Å². The monoisotopic (exact) mass is 474 g/mol. The molecule has 1 aliphatic heterocycles. The molecule has 2 aromatic carbocycles. The van der Waals surface area contributed by atoms with Crippen LogP contribution >= 0.6 is 0 Å². The smallest absolute Gasteiger partial charge is 0.178 e. The third kappa shape index (κ3) is 4.76. The minimum Gasteiger partial charge on any atom is -0.303 e. The summed E-state index contributed by atoms with van der Waals surface area (Å²) in [4.78, 5) is 7.56. The van der Waals surface area contributed by atoms with E-state index >= 15 is 0 Å². The lowest BCUT2D eigenvalue weighted by Gasteiger charge is -2.26. The van der Waals surface area contributed by atoms with Gasteiger partial charge in [0.2, 0.25) is 0 Å². The van der Waals surface area contributed by atoms with Gasteiger partial charge in [0, 0.05) is 30.1 Å². The van der Waals surface area contributed by atoms with E-state index in [-0.39, 0.29) is 5.75 Å². The second-order valence-electron chi connectivity index (χ2n) is 8.95. The van der Waals surface area contributed by atoms with Crippen molar-refractivity contribution in [3.8, 4) is 22.3 Å². The van der Waals surface area contributed by atoms with Crippen molar-refractivity contribution in [1.82, 2.24) is 19.5 Å². The molecule has 3 heterocycles. The Morgan fingerprint density at radius 2 is 1.71 bits per heavy atom. The van der Waals surface area contributed by atoms with Crippen LogP contribution in [-0.2, 0) is 16.3 Å². The first-order valence-corrected chi connectivity index (χ1v) is 13.7. The molecule has 0 aliphatic carbocycles. The Morgan fingerprint density at radius 1 is 0.912 bits per heavy atom. The van der Waals surface area contributed by atoms with Gasteiger partial charge in [-0.1, -0.05) is 49.7 Å². The molecule has 34 heavy (non-hydrogen) atoms. The molecular formula is C27H30N4O2S. The molecule has 7 heteroatoms. The number of likely N-dealkylation sites (tertiary alicyclic amines) is 1. The lowest BCUT2D eigenvalue weighted by Crippen LogP contribution is -2.31. The van der Waals surface area contributed by atoms with E-state index in [9.17, 15) is 8.42 Å². The Labute approximate surface area is 201 Å². The molecule has 0 saturated carbocycles. The van der Waals surface area contributed by atoms with Gasteiger partial charge in [-0.2, -0.15) is 5.10 Å². The molecule has 0 radical (unpaired) electrons. The van der Waals surface area contributed by atoms with Crippen LogP contribution in [0.2, 0.25) is 0 Å². The summed E-state index contributed by atoms with van der Waals surface area (Å²) in [5.74, 6) is 0.0733. The predicted octanol–water partition coefficient (Wildman–Crippen LogP) is 4.89. The van der Waals surface area contributed by atoms with Gasteiger partial charge in [-0.25, -0.2) is 17.9 Å². The highest BCUT2D eigenvalue weighted by Crippen LogP contribution is 2.28. The van der Waals surface area contributed by atoms with Crippen molar-refractivity contribution in [2.24, 2.45) is 0 Å². The zero-order valence-corrected chi connectivity index (χ0v) is 20.3. The number of fused-ring (bicyclic) bond motifs is 1. The lowest BCUT2D eigenvalue weighted by atomic mass is 10.0. The topological polar surface area (TPSA) is 67.6 Å². The van der Waals surface area contributed by atoms with Crippen LogP contribution in [-0.4, -0.2) is 53.3 Å². The first-order chi connectivity index (χ1) is 16.5. The maximum Gasteiger partial charge on any atom is 0.178 e. The molecule has 5 rings (SSSR count). The zero-order valence-electron chi connectivity index (χ0n) is 19.5. The Kier molecular flexibility index (Phi) is 6.48. The first kappa shape index (κ1) is 22.7. The molecule has 4 aromatic rings. The van der Waals surface area contributed by atoms with Crippen molar-refractivity contribution in [2.45, 2.75) is 37.5 Å². The van der Waals surface area contributed by atoms with E-state index < -0.39 is 9.84 Å². The lowest BCUT2D eigenvalue weighted by molar-refractivity contribution is 0.231. The third-order valence-corrected chi connectivity index (χ3v) is 8.43. The summed E-state index contributed by atoms with van der Waals surface area (Å²) in [5, 5.41) is 4.49. The van der Waals surface area contributed by atoms with Gasteiger partial charge in [-0.15, -0.1) is 0 Å². The van der Waals surface area contributed by atoms with Gasteiger partial charge in [0.1, 0.15) is 0 Å². The van der Waals surface area contributed by atoms with E-state index in [1.54, 1.807) is 35.8 Å². The molecule has 0 atom stereocenters. The molecule has 6 nitrogen and oxygen atoms in total. The zero-order chi connectivity index (χ0) is 23.5. The van der Waals surface area contributed by atoms with Crippen molar-refractivity contribution in [1.29, 1.82) is 0 Å². The van der Waals surface area contributed by atoms with Crippen molar-refractivity contribution in [3.05, 3.63) is 72.7 Å². The number of sulfone groups is 1. The maximum absolute atomic E-state index is 12.3. The number of benzene rings is 2. The molecule has 0 unspecified atom stereocenters. The molecule has 2 aromatic heterocycles. The number of piperidine rings is 1. The van der Waals surface area contributed by atoms with Gasteiger partial charge >= 0.3 is 0 Å². The fraction of sp³-hybridized carbons (Fsp3) is 0.333. The number of aromatic nitrogens is 3. The van der Waals surface area contributed by atoms with Crippen LogP contribution in [0, 0.1) is 0 Å². The number of rotatable bonds is 7. The summed E-state index contributed by atoms with van der Waals surface area (Å²) in [5.41, 5.74) is 5.76. The minimum absolute atomic E-state index is 0.0733. The third-order valence-electron chi connectivity index (χ3n) is 6.69. The fourth-order valence-electron chi connectivity index (χ4n) is 4.59. The van der Waals surface area contributed by atoms with Gasteiger partial charge in [0.15, 0.2) is 15.5 Å². The maximum atomic E-state index is 12.3. The van der Waals surface area contributed by atoms with E-state index in [0.29, 0.717) is 10.5 Å². The van der Waals surface area contributed by atoms with Crippen LogP contribution in [0.25, 0.3) is 27.9 Å². The number of hydrogen-bond acceptors (Lipinski definition) is 5. The Morgan fingerprint density at radius 3 is 2.47 bits per heavy atom. The summed E-state index contributed by atoms with van der Waals surface area (Å²) < 4.78 is 26.3. The molecule has 1 aliphatic rings. The Bertz CT molecular complexity index is 1390.